The van der Waals surface area contributed by atoms with Gasteiger partial charge >= 0.3 is 0 Å². The molecule has 1 atom stereocenters. The molecule has 1 saturated heterocycles. The first-order valence-electron chi connectivity index (χ1n) is 6.29. The van der Waals surface area contributed by atoms with Crippen LogP contribution in [0.5, 0.6) is 0 Å². The Balaban J connectivity index is 1.70. The first-order chi connectivity index (χ1) is 9.31. The highest BCUT2D eigenvalue weighted by atomic mass is 16.4. The van der Waals surface area contributed by atoms with E-state index in [4.69, 9.17) is 4.42 Å². The van der Waals surface area contributed by atoms with Gasteiger partial charge in [-0.05, 0) is 12.1 Å². The largest absolute Gasteiger partial charge is 0.415 e. The summed E-state index contributed by atoms with van der Waals surface area (Å²) in [5.41, 5.74) is 0.910. The van der Waals surface area contributed by atoms with E-state index in [0.717, 1.165) is 17.0 Å². The lowest BCUT2D eigenvalue weighted by Crippen LogP contribution is -3.14. The topological polar surface area (TPSA) is 72.5 Å². The fraction of sp³-hybridized carbons (Fsp3) is 0.308. The number of nitrogens with zero attached hydrogens (tertiary/aromatic N) is 2. The minimum absolute atomic E-state index is 0.0732. The van der Waals surface area contributed by atoms with E-state index in [2.05, 4.69) is 15.5 Å². The molecule has 1 aromatic heterocycles. The van der Waals surface area contributed by atoms with Crippen LogP contribution < -0.4 is 10.2 Å². The van der Waals surface area contributed by atoms with Crippen molar-refractivity contribution in [3.8, 4) is 11.5 Å². The van der Waals surface area contributed by atoms with Crippen LogP contribution in [0.2, 0.25) is 0 Å². The number of carbonyl (C=O) groups is 1. The maximum atomic E-state index is 11.3. The van der Waals surface area contributed by atoms with Crippen LogP contribution in [-0.4, -0.2) is 35.7 Å². The van der Waals surface area contributed by atoms with Gasteiger partial charge in [-0.2, -0.15) is 0 Å². The smallest absolute Gasteiger partial charge is 0.275 e. The minimum Gasteiger partial charge on any atom is -0.415 e. The van der Waals surface area contributed by atoms with Gasteiger partial charge in [0.05, 0.1) is 13.1 Å². The second kappa shape index (κ2) is 5.19. The molecule has 1 aromatic carbocycles. The third kappa shape index (κ3) is 2.79. The Morgan fingerprint density at radius 3 is 2.89 bits per heavy atom. The summed E-state index contributed by atoms with van der Waals surface area (Å²) >= 11 is 0. The van der Waals surface area contributed by atoms with Crippen molar-refractivity contribution >= 4 is 5.91 Å². The monoisotopic (exact) mass is 259 g/mol. The van der Waals surface area contributed by atoms with Crippen molar-refractivity contribution in [2.24, 2.45) is 0 Å². The molecule has 0 aliphatic carbocycles. The molecule has 6 nitrogen and oxygen atoms in total. The molecule has 2 aromatic rings. The number of piperazine rings is 1. The molecular formula is C13H15N4O2+. The van der Waals surface area contributed by atoms with Gasteiger partial charge in [0.15, 0.2) is 13.1 Å². The Morgan fingerprint density at radius 1 is 1.26 bits per heavy atom. The zero-order valence-corrected chi connectivity index (χ0v) is 10.4. The van der Waals surface area contributed by atoms with Crippen LogP contribution in [0.1, 0.15) is 5.89 Å². The lowest BCUT2D eigenvalue weighted by atomic mass is 10.2. The van der Waals surface area contributed by atoms with E-state index in [1.807, 2.05) is 30.3 Å². The Hall–Kier alpha value is -2.21. The van der Waals surface area contributed by atoms with Gasteiger partial charge < -0.3 is 14.6 Å². The fourth-order valence-electron chi connectivity index (χ4n) is 2.14. The van der Waals surface area contributed by atoms with Crippen molar-refractivity contribution in [2.75, 3.05) is 19.6 Å². The normalized spacial score (nSPS) is 19.2. The molecule has 0 bridgehead atoms. The predicted octanol–water partition coefficient (Wildman–Crippen LogP) is -0.749. The molecule has 1 amide bonds. The number of hydrogen-bond donors (Lipinski definition) is 2. The number of amides is 1. The fourth-order valence-corrected chi connectivity index (χ4v) is 2.14. The van der Waals surface area contributed by atoms with Crippen molar-refractivity contribution in [2.45, 2.75) is 6.54 Å². The molecule has 3 rings (SSSR count). The van der Waals surface area contributed by atoms with Crippen LogP contribution in [0.15, 0.2) is 34.7 Å². The maximum absolute atomic E-state index is 11.3. The summed E-state index contributed by atoms with van der Waals surface area (Å²) in [6.07, 6.45) is 0. The van der Waals surface area contributed by atoms with Gasteiger partial charge in [-0.3, -0.25) is 4.79 Å². The lowest BCUT2D eigenvalue weighted by Gasteiger charge is -2.21. The van der Waals surface area contributed by atoms with Gasteiger partial charge in [0.2, 0.25) is 5.89 Å². The number of rotatable bonds is 3. The molecule has 1 aliphatic rings. The summed E-state index contributed by atoms with van der Waals surface area (Å²) in [7, 11) is 0. The molecule has 1 unspecified atom stereocenters. The molecule has 19 heavy (non-hydrogen) atoms. The zero-order valence-electron chi connectivity index (χ0n) is 10.4. The molecule has 0 spiro atoms. The zero-order chi connectivity index (χ0) is 13.1. The van der Waals surface area contributed by atoms with Gasteiger partial charge in [-0.1, -0.05) is 18.2 Å². The number of carbonyl (C=O) groups excluding carboxylic acids is 1. The summed E-state index contributed by atoms with van der Waals surface area (Å²) < 4.78 is 5.63. The number of aromatic nitrogens is 2. The molecule has 98 valence electrons. The van der Waals surface area contributed by atoms with Gasteiger partial charge in [0, 0.05) is 5.56 Å². The van der Waals surface area contributed by atoms with Crippen LogP contribution in [0, 0.1) is 0 Å². The average Bonchev–Trinajstić information content (AvgIpc) is 2.88. The van der Waals surface area contributed by atoms with Gasteiger partial charge in [0.25, 0.3) is 11.8 Å². The summed E-state index contributed by atoms with van der Waals surface area (Å²) in [4.78, 5) is 12.4. The SMILES string of the molecule is O=C1C[NH+](Cc2nnc(-c3ccccc3)o2)CCN1. The third-order valence-electron chi connectivity index (χ3n) is 3.10. The highest BCUT2D eigenvalue weighted by Crippen LogP contribution is 2.16. The number of quaternary nitrogens is 1. The van der Waals surface area contributed by atoms with Gasteiger partial charge in [0.1, 0.15) is 0 Å². The van der Waals surface area contributed by atoms with Crippen molar-refractivity contribution in [1.29, 1.82) is 0 Å². The quantitative estimate of drug-likeness (QED) is 0.761. The molecule has 1 fully saturated rings. The van der Waals surface area contributed by atoms with E-state index in [-0.39, 0.29) is 5.91 Å². The molecule has 0 saturated carbocycles. The van der Waals surface area contributed by atoms with Crippen molar-refractivity contribution < 1.29 is 14.1 Å². The van der Waals surface area contributed by atoms with E-state index in [1.165, 1.54) is 0 Å². The molecule has 2 N–H and O–H groups in total. The molecule has 2 heterocycles. The standard InChI is InChI=1S/C13H14N4O2/c18-11-8-17(7-6-14-11)9-12-15-16-13(19-12)10-4-2-1-3-5-10/h1-5H,6-9H2,(H,14,18)/p+1. The van der Waals surface area contributed by atoms with E-state index in [1.54, 1.807) is 0 Å². The van der Waals surface area contributed by atoms with Crippen LogP contribution in [-0.2, 0) is 11.3 Å². The van der Waals surface area contributed by atoms with E-state index >= 15 is 0 Å². The Kier molecular flexibility index (Phi) is 3.24. The molecular weight excluding hydrogens is 244 g/mol. The minimum atomic E-state index is 0.0732. The van der Waals surface area contributed by atoms with Crippen LogP contribution in [0.3, 0.4) is 0 Å². The summed E-state index contributed by atoms with van der Waals surface area (Å²) in [5, 5.41) is 10.9. The van der Waals surface area contributed by atoms with Crippen molar-refractivity contribution in [3.05, 3.63) is 36.2 Å². The first-order valence-corrected chi connectivity index (χ1v) is 6.29. The first kappa shape index (κ1) is 11.9. The molecule has 6 heteroatoms. The Morgan fingerprint density at radius 2 is 2.11 bits per heavy atom. The Bertz CT molecular complexity index is 567. The second-order valence-corrected chi connectivity index (χ2v) is 4.57. The number of benzene rings is 1. The molecule has 1 aliphatic heterocycles. The van der Waals surface area contributed by atoms with Crippen molar-refractivity contribution in [3.63, 3.8) is 0 Å². The number of hydrogen-bond acceptors (Lipinski definition) is 4. The highest BCUT2D eigenvalue weighted by Gasteiger charge is 2.22. The maximum Gasteiger partial charge on any atom is 0.275 e. The average molecular weight is 259 g/mol. The van der Waals surface area contributed by atoms with E-state index in [9.17, 15) is 4.79 Å². The Labute approximate surface area is 110 Å². The van der Waals surface area contributed by atoms with E-state index in [0.29, 0.717) is 31.4 Å². The van der Waals surface area contributed by atoms with E-state index < -0.39 is 0 Å². The lowest BCUT2D eigenvalue weighted by molar-refractivity contribution is -0.908. The third-order valence-corrected chi connectivity index (χ3v) is 3.10. The van der Waals surface area contributed by atoms with Crippen molar-refractivity contribution in [1.82, 2.24) is 15.5 Å². The summed E-state index contributed by atoms with van der Waals surface area (Å²) in [6, 6.07) is 9.66. The second-order valence-electron chi connectivity index (χ2n) is 4.57. The summed E-state index contributed by atoms with van der Waals surface area (Å²) in [6.45, 7) is 2.64. The summed E-state index contributed by atoms with van der Waals surface area (Å²) in [5.74, 6) is 1.17. The van der Waals surface area contributed by atoms with Crippen LogP contribution in [0.4, 0.5) is 0 Å². The van der Waals surface area contributed by atoms with Gasteiger partial charge in [-0.15, -0.1) is 10.2 Å². The van der Waals surface area contributed by atoms with Crippen LogP contribution in [0.25, 0.3) is 11.5 Å². The highest BCUT2D eigenvalue weighted by molar-refractivity contribution is 5.77. The van der Waals surface area contributed by atoms with Gasteiger partial charge in [-0.25, -0.2) is 0 Å². The molecule has 0 radical (unpaired) electrons. The number of nitrogens with one attached hydrogen (secondary N) is 2. The predicted molar refractivity (Wildman–Crippen MR) is 67.1 cm³/mol. The van der Waals surface area contributed by atoms with Crippen LogP contribution >= 0.6 is 0 Å².